The average Bonchev–Trinajstić information content (AvgIpc) is 2.75. The summed E-state index contributed by atoms with van der Waals surface area (Å²) in [6.07, 6.45) is 3.15. The van der Waals surface area contributed by atoms with Crippen LogP contribution in [0.1, 0.15) is 29.6 Å². The quantitative estimate of drug-likeness (QED) is 0.520. The van der Waals surface area contributed by atoms with Crippen molar-refractivity contribution in [3.63, 3.8) is 0 Å². The van der Waals surface area contributed by atoms with Gasteiger partial charge in [0.15, 0.2) is 0 Å². The molecule has 1 aliphatic heterocycles. The maximum Gasteiger partial charge on any atom is 0.270 e. The lowest BCUT2D eigenvalue weighted by Gasteiger charge is -2.22. The number of methoxy groups -OCH3 is 1. The molecule has 1 heterocycles. The zero-order valence-electron chi connectivity index (χ0n) is 16.3. The molecule has 1 amide bonds. The van der Waals surface area contributed by atoms with Crippen LogP contribution < -0.4 is 20.1 Å². The first-order chi connectivity index (χ1) is 14.1. The maximum absolute atomic E-state index is 12.7. The number of carbonyl (C=O) groups excluding carboxylic acids is 1. The van der Waals surface area contributed by atoms with Gasteiger partial charge in [0, 0.05) is 18.7 Å². The van der Waals surface area contributed by atoms with Crippen molar-refractivity contribution in [3.05, 3.63) is 58.1 Å². The SMILES string of the molecule is COc1ccc(Oc2ccc([N+](=O)[O-])cc2C(=O)NCCC2CCCNC2)cc1. The van der Waals surface area contributed by atoms with Crippen molar-refractivity contribution in [1.29, 1.82) is 0 Å². The van der Waals surface area contributed by atoms with Crippen molar-refractivity contribution in [3.8, 4) is 17.2 Å². The molecule has 1 atom stereocenters. The summed E-state index contributed by atoms with van der Waals surface area (Å²) in [7, 11) is 1.57. The first-order valence-corrected chi connectivity index (χ1v) is 9.66. The minimum absolute atomic E-state index is 0.136. The van der Waals surface area contributed by atoms with E-state index in [1.165, 1.54) is 18.2 Å². The largest absolute Gasteiger partial charge is 0.497 e. The first kappa shape index (κ1) is 20.6. The second kappa shape index (κ2) is 9.88. The van der Waals surface area contributed by atoms with Crippen molar-refractivity contribution in [2.45, 2.75) is 19.3 Å². The third kappa shape index (κ3) is 5.68. The van der Waals surface area contributed by atoms with Crippen LogP contribution in [0.2, 0.25) is 0 Å². The lowest BCUT2D eigenvalue weighted by molar-refractivity contribution is -0.384. The van der Waals surface area contributed by atoms with Gasteiger partial charge in [-0.3, -0.25) is 14.9 Å². The molecule has 1 saturated heterocycles. The topological polar surface area (TPSA) is 103 Å². The number of amides is 1. The highest BCUT2D eigenvalue weighted by molar-refractivity contribution is 5.97. The molecule has 1 aliphatic rings. The molecule has 2 aromatic carbocycles. The summed E-state index contributed by atoms with van der Waals surface area (Å²) in [5, 5.41) is 17.4. The summed E-state index contributed by atoms with van der Waals surface area (Å²) in [5.74, 6) is 1.58. The number of benzene rings is 2. The number of hydrogen-bond acceptors (Lipinski definition) is 6. The van der Waals surface area contributed by atoms with E-state index >= 15 is 0 Å². The average molecular weight is 399 g/mol. The Bertz CT molecular complexity index is 848. The van der Waals surface area contributed by atoms with Crippen LogP contribution >= 0.6 is 0 Å². The number of carbonyl (C=O) groups is 1. The molecular formula is C21H25N3O5. The van der Waals surface area contributed by atoms with Crippen molar-refractivity contribution in [1.82, 2.24) is 10.6 Å². The third-order valence-corrected chi connectivity index (χ3v) is 4.94. The minimum Gasteiger partial charge on any atom is -0.497 e. The summed E-state index contributed by atoms with van der Waals surface area (Å²) in [4.78, 5) is 23.3. The van der Waals surface area contributed by atoms with E-state index in [4.69, 9.17) is 9.47 Å². The molecular weight excluding hydrogens is 374 g/mol. The van der Waals surface area contributed by atoms with Crippen LogP contribution in [-0.2, 0) is 0 Å². The molecule has 29 heavy (non-hydrogen) atoms. The monoisotopic (exact) mass is 399 g/mol. The van der Waals surface area contributed by atoms with Crippen molar-refractivity contribution < 1.29 is 19.2 Å². The molecule has 8 heteroatoms. The first-order valence-electron chi connectivity index (χ1n) is 9.66. The van der Waals surface area contributed by atoms with E-state index in [1.54, 1.807) is 31.4 Å². The van der Waals surface area contributed by atoms with Gasteiger partial charge in [0.25, 0.3) is 11.6 Å². The fourth-order valence-corrected chi connectivity index (χ4v) is 3.32. The van der Waals surface area contributed by atoms with E-state index in [2.05, 4.69) is 10.6 Å². The van der Waals surface area contributed by atoms with Gasteiger partial charge in [-0.15, -0.1) is 0 Å². The van der Waals surface area contributed by atoms with Gasteiger partial charge in [0.1, 0.15) is 17.2 Å². The van der Waals surface area contributed by atoms with Gasteiger partial charge in [-0.1, -0.05) is 0 Å². The molecule has 0 aromatic heterocycles. The van der Waals surface area contributed by atoms with Gasteiger partial charge in [0.2, 0.25) is 0 Å². The lowest BCUT2D eigenvalue weighted by Crippen LogP contribution is -2.33. The van der Waals surface area contributed by atoms with Crippen molar-refractivity contribution in [2.75, 3.05) is 26.7 Å². The minimum atomic E-state index is -0.526. The Morgan fingerprint density at radius 1 is 1.24 bits per heavy atom. The number of hydrogen-bond donors (Lipinski definition) is 2. The third-order valence-electron chi connectivity index (χ3n) is 4.94. The Morgan fingerprint density at radius 3 is 2.66 bits per heavy atom. The molecule has 2 aromatic rings. The van der Waals surface area contributed by atoms with E-state index in [-0.39, 0.29) is 22.9 Å². The van der Waals surface area contributed by atoms with Crippen molar-refractivity contribution >= 4 is 11.6 Å². The predicted molar refractivity (Wildman–Crippen MR) is 109 cm³/mol. The van der Waals surface area contributed by atoms with Gasteiger partial charge in [-0.25, -0.2) is 0 Å². The molecule has 1 unspecified atom stereocenters. The number of ether oxygens (including phenoxy) is 2. The molecule has 0 radical (unpaired) electrons. The number of non-ortho nitro benzene ring substituents is 1. The Hall–Kier alpha value is -3.13. The highest BCUT2D eigenvalue weighted by atomic mass is 16.6. The fraction of sp³-hybridized carbons (Fsp3) is 0.381. The van der Waals surface area contributed by atoms with Crippen LogP contribution in [0.4, 0.5) is 5.69 Å². The molecule has 154 valence electrons. The number of nitrogens with one attached hydrogen (secondary N) is 2. The normalized spacial score (nSPS) is 16.1. The Labute approximate surface area is 169 Å². The summed E-state index contributed by atoms with van der Waals surface area (Å²) in [6.45, 7) is 2.51. The number of rotatable bonds is 8. The number of nitro benzene ring substituents is 1. The zero-order chi connectivity index (χ0) is 20.6. The summed E-state index contributed by atoms with van der Waals surface area (Å²) in [5.41, 5.74) is -0.0227. The molecule has 2 N–H and O–H groups in total. The molecule has 0 spiro atoms. The summed E-state index contributed by atoms with van der Waals surface area (Å²) in [6, 6.07) is 10.9. The van der Waals surface area contributed by atoms with E-state index in [9.17, 15) is 14.9 Å². The molecule has 3 rings (SSSR count). The van der Waals surface area contributed by atoms with Crippen LogP contribution in [0.25, 0.3) is 0 Å². The molecule has 1 fully saturated rings. The van der Waals surface area contributed by atoms with Crippen LogP contribution in [0.15, 0.2) is 42.5 Å². The summed E-state index contributed by atoms with van der Waals surface area (Å²) >= 11 is 0. The standard InChI is InChI=1S/C21H25N3O5/c1-28-17-5-7-18(8-6-17)29-20-9-4-16(24(26)27)13-19(20)21(25)23-12-10-15-3-2-11-22-14-15/h4-9,13,15,22H,2-3,10-12,14H2,1H3,(H,23,25). The van der Waals surface area contributed by atoms with Gasteiger partial charge < -0.3 is 20.1 Å². The van der Waals surface area contributed by atoms with Gasteiger partial charge in [-0.05, 0) is 68.6 Å². The Kier molecular flexibility index (Phi) is 7.02. The molecule has 8 nitrogen and oxygen atoms in total. The number of nitro groups is 1. The van der Waals surface area contributed by atoms with Gasteiger partial charge >= 0.3 is 0 Å². The molecule has 0 bridgehead atoms. The Morgan fingerprint density at radius 2 is 2.00 bits per heavy atom. The van der Waals surface area contributed by atoms with E-state index in [0.29, 0.717) is 24.0 Å². The van der Waals surface area contributed by atoms with Crippen LogP contribution in [0, 0.1) is 16.0 Å². The lowest BCUT2D eigenvalue weighted by atomic mass is 9.96. The maximum atomic E-state index is 12.7. The highest BCUT2D eigenvalue weighted by Gasteiger charge is 2.19. The molecule has 0 saturated carbocycles. The van der Waals surface area contributed by atoms with E-state index < -0.39 is 4.92 Å². The van der Waals surface area contributed by atoms with E-state index in [1.807, 2.05) is 0 Å². The van der Waals surface area contributed by atoms with Crippen LogP contribution in [0.3, 0.4) is 0 Å². The van der Waals surface area contributed by atoms with E-state index in [0.717, 1.165) is 32.4 Å². The van der Waals surface area contributed by atoms with Crippen LogP contribution in [-0.4, -0.2) is 37.6 Å². The number of piperidine rings is 1. The van der Waals surface area contributed by atoms with Gasteiger partial charge in [0.05, 0.1) is 17.6 Å². The second-order valence-corrected chi connectivity index (χ2v) is 6.97. The highest BCUT2D eigenvalue weighted by Crippen LogP contribution is 2.30. The predicted octanol–water partition coefficient (Wildman–Crippen LogP) is 3.52. The van der Waals surface area contributed by atoms with Gasteiger partial charge in [-0.2, -0.15) is 0 Å². The van der Waals surface area contributed by atoms with Crippen LogP contribution in [0.5, 0.6) is 17.2 Å². The summed E-state index contributed by atoms with van der Waals surface area (Å²) < 4.78 is 10.9. The fourth-order valence-electron chi connectivity index (χ4n) is 3.32. The molecule has 0 aliphatic carbocycles. The van der Waals surface area contributed by atoms with Crippen molar-refractivity contribution in [2.24, 2.45) is 5.92 Å². The Balaban J connectivity index is 1.71. The second-order valence-electron chi connectivity index (χ2n) is 6.97. The zero-order valence-corrected chi connectivity index (χ0v) is 16.3. The smallest absolute Gasteiger partial charge is 0.270 e. The number of nitrogens with zero attached hydrogens (tertiary/aromatic N) is 1.